The highest BCUT2D eigenvalue weighted by Gasteiger charge is 2.14. The van der Waals surface area contributed by atoms with E-state index in [2.05, 4.69) is 4.74 Å². The van der Waals surface area contributed by atoms with Crippen molar-refractivity contribution in [3.8, 4) is 5.75 Å². The molecule has 1 aromatic carbocycles. The van der Waals surface area contributed by atoms with Gasteiger partial charge in [-0.2, -0.15) is 0 Å². The van der Waals surface area contributed by atoms with Crippen molar-refractivity contribution in [1.29, 1.82) is 0 Å². The number of methoxy groups -OCH3 is 1. The van der Waals surface area contributed by atoms with E-state index in [-0.39, 0.29) is 12.0 Å². The minimum atomic E-state index is -0.240. The van der Waals surface area contributed by atoms with Crippen molar-refractivity contribution in [2.75, 3.05) is 13.7 Å². The van der Waals surface area contributed by atoms with Crippen molar-refractivity contribution in [3.05, 3.63) is 29.3 Å². The van der Waals surface area contributed by atoms with Crippen molar-refractivity contribution >= 4 is 5.97 Å². The lowest BCUT2D eigenvalue weighted by atomic mass is 10.00. The van der Waals surface area contributed by atoms with Crippen molar-refractivity contribution in [2.45, 2.75) is 32.7 Å². The van der Waals surface area contributed by atoms with Crippen molar-refractivity contribution < 1.29 is 14.3 Å². The van der Waals surface area contributed by atoms with Crippen LogP contribution in [0.15, 0.2) is 18.2 Å². The van der Waals surface area contributed by atoms with E-state index in [0.29, 0.717) is 19.4 Å². The molecule has 0 amide bonds. The molecule has 0 saturated heterocycles. The topological polar surface area (TPSA) is 61.5 Å². The first-order chi connectivity index (χ1) is 8.58. The molecule has 0 radical (unpaired) electrons. The van der Waals surface area contributed by atoms with Crippen LogP contribution in [0, 0.1) is 6.92 Å². The molecule has 0 heterocycles. The maximum Gasteiger partial charge on any atom is 0.305 e. The second-order valence-electron chi connectivity index (χ2n) is 4.20. The van der Waals surface area contributed by atoms with Crippen LogP contribution in [0.2, 0.25) is 0 Å². The van der Waals surface area contributed by atoms with Crippen molar-refractivity contribution in [1.82, 2.24) is 0 Å². The van der Waals surface area contributed by atoms with Crippen LogP contribution in [0.5, 0.6) is 5.75 Å². The summed E-state index contributed by atoms with van der Waals surface area (Å²) < 4.78 is 10.2. The Morgan fingerprint density at radius 3 is 2.78 bits per heavy atom. The molecule has 4 heteroatoms. The smallest absolute Gasteiger partial charge is 0.305 e. The summed E-state index contributed by atoms with van der Waals surface area (Å²) in [5.74, 6) is 0.552. The van der Waals surface area contributed by atoms with E-state index in [1.54, 1.807) is 0 Å². The summed E-state index contributed by atoms with van der Waals surface area (Å²) in [5.41, 5.74) is 8.18. The number of ether oxygens (including phenoxy) is 2. The lowest BCUT2D eigenvalue weighted by Gasteiger charge is -2.17. The second kappa shape index (κ2) is 7.01. The quantitative estimate of drug-likeness (QED) is 0.788. The first-order valence-corrected chi connectivity index (χ1v) is 6.14. The van der Waals surface area contributed by atoms with E-state index in [4.69, 9.17) is 10.5 Å². The van der Waals surface area contributed by atoms with Gasteiger partial charge in [0.2, 0.25) is 0 Å². The van der Waals surface area contributed by atoms with Crippen LogP contribution < -0.4 is 10.5 Å². The van der Waals surface area contributed by atoms with Gasteiger partial charge in [0.05, 0.1) is 13.7 Å². The third-order valence-corrected chi connectivity index (χ3v) is 2.75. The largest absolute Gasteiger partial charge is 0.494 e. The maximum absolute atomic E-state index is 11.1. The van der Waals surface area contributed by atoms with Gasteiger partial charge in [-0.05, 0) is 26.3 Å². The molecule has 2 N–H and O–H groups in total. The SMILES string of the molecule is CCOc1ccc(C)cc1C(N)CCC(=O)OC. The highest BCUT2D eigenvalue weighted by Crippen LogP contribution is 2.27. The number of benzene rings is 1. The molecule has 0 fully saturated rings. The summed E-state index contributed by atoms with van der Waals surface area (Å²) in [5, 5.41) is 0. The molecule has 1 aromatic rings. The fourth-order valence-electron chi connectivity index (χ4n) is 1.78. The van der Waals surface area contributed by atoms with Gasteiger partial charge in [0.15, 0.2) is 0 Å². The molecule has 1 unspecified atom stereocenters. The minimum absolute atomic E-state index is 0.217. The predicted octanol–water partition coefficient (Wildman–Crippen LogP) is 2.35. The van der Waals surface area contributed by atoms with Gasteiger partial charge >= 0.3 is 5.97 Å². The molecular weight excluding hydrogens is 230 g/mol. The first-order valence-electron chi connectivity index (χ1n) is 6.14. The standard InChI is InChI=1S/C14H21NO3/c1-4-18-13-7-5-10(2)9-11(13)12(15)6-8-14(16)17-3/h5,7,9,12H,4,6,8,15H2,1-3H3. The summed E-state index contributed by atoms with van der Waals surface area (Å²) in [6, 6.07) is 5.70. The van der Waals surface area contributed by atoms with Gasteiger partial charge in [0.1, 0.15) is 5.75 Å². The number of esters is 1. The average Bonchev–Trinajstić information content (AvgIpc) is 2.37. The third kappa shape index (κ3) is 4.04. The zero-order valence-electron chi connectivity index (χ0n) is 11.2. The molecular formula is C14H21NO3. The molecule has 1 rings (SSSR count). The summed E-state index contributed by atoms with van der Waals surface area (Å²) >= 11 is 0. The van der Waals surface area contributed by atoms with E-state index in [1.165, 1.54) is 7.11 Å². The number of aryl methyl sites for hydroxylation is 1. The zero-order valence-corrected chi connectivity index (χ0v) is 11.2. The van der Waals surface area contributed by atoms with E-state index < -0.39 is 0 Å². The van der Waals surface area contributed by atoms with E-state index in [1.807, 2.05) is 32.0 Å². The van der Waals surface area contributed by atoms with Crippen LogP contribution in [-0.2, 0) is 9.53 Å². The first kappa shape index (κ1) is 14.5. The maximum atomic E-state index is 11.1. The number of nitrogens with two attached hydrogens (primary N) is 1. The van der Waals surface area contributed by atoms with E-state index in [9.17, 15) is 4.79 Å². The number of rotatable bonds is 6. The van der Waals surface area contributed by atoms with Gasteiger partial charge < -0.3 is 15.2 Å². The molecule has 100 valence electrons. The monoisotopic (exact) mass is 251 g/mol. The molecule has 0 aliphatic rings. The lowest BCUT2D eigenvalue weighted by molar-refractivity contribution is -0.140. The Balaban J connectivity index is 2.79. The number of carbonyl (C=O) groups excluding carboxylic acids is 1. The summed E-state index contributed by atoms with van der Waals surface area (Å²) in [7, 11) is 1.38. The van der Waals surface area contributed by atoms with Crippen LogP contribution in [0.4, 0.5) is 0 Å². The highest BCUT2D eigenvalue weighted by molar-refractivity contribution is 5.69. The second-order valence-corrected chi connectivity index (χ2v) is 4.20. The van der Waals surface area contributed by atoms with E-state index >= 15 is 0 Å². The number of hydrogen-bond donors (Lipinski definition) is 1. The molecule has 0 spiro atoms. The molecule has 0 aliphatic carbocycles. The Kier molecular flexibility index (Phi) is 5.65. The van der Waals surface area contributed by atoms with Gasteiger partial charge in [0.25, 0.3) is 0 Å². The Hall–Kier alpha value is -1.55. The van der Waals surface area contributed by atoms with Gasteiger partial charge in [-0.1, -0.05) is 17.7 Å². The molecule has 0 saturated carbocycles. The highest BCUT2D eigenvalue weighted by atomic mass is 16.5. The van der Waals surface area contributed by atoms with Gasteiger partial charge in [-0.3, -0.25) is 4.79 Å². The Morgan fingerprint density at radius 2 is 2.17 bits per heavy atom. The predicted molar refractivity (Wildman–Crippen MR) is 70.5 cm³/mol. The molecule has 1 atom stereocenters. The average molecular weight is 251 g/mol. The van der Waals surface area contributed by atoms with Crippen LogP contribution in [0.25, 0.3) is 0 Å². The molecule has 0 bridgehead atoms. The van der Waals surface area contributed by atoms with Crippen LogP contribution in [0.1, 0.15) is 36.9 Å². The van der Waals surface area contributed by atoms with Crippen molar-refractivity contribution in [2.24, 2.45) is 5.73 Å². The molecule has 0 aliphatic heterocycles. The molecule has 0 aromatic heterocycles. The summed E-state index contributed by atoms with van der Waals surface area (Å²) in [4.78, 5) is 11.1. The third-order valence-electron chi connectivity index (χ3n) is 2.75. The minimum Gasteiger partial charge on any atom is -0.494 e. The fourth-order valence-corrected chi connectivity index (χ4v) is 1.78. The van der Waals surface area contributed by atoms with Crippen LogP contribution >= 0.6 is 0 Å². The van der Waals surface area contributed by atoms with Crippen LogP contribution in [0.3, 0.4) is 0 Å². The Morgan fingerprint density at radius 1 is 1.44 bits per heavy atom. The summed E-state index contributed by atoms with van der Waals surface area (Å²) in [6.07, 6.45) is 0.868. The zero-order chi connectivity index (χ0) is 13.5. The number of hydrogen-bond acceptors (Lipinski definition) is 4. The molecule has 18 heavy (non-hydrogen) atoms. The van der Waals surface area contributed by atoms with Crippen molar-refractivity contribution in [3.63, 3.8) is 0 Å². The fraction of sp³-hybridized carbons (Fsp3) is 0.500. The van der Waals surface area contributed by atoms with Crippen LogP contribution in [-0.4, -0.2) is 19.7 Å². The normalized spacial score (nSPS) is 12.0. The lowest BCUT2D eigenvalue weighted by Crippen LogP contribution is -2.14. The summed E-state index contributed by atoms with van der Waals surface area (Å²) in [6.45, 7) is 4.54. The Bertz CT molecular complexity index is 404. The van der Waals surface area contributed by atoms with Gasteiger partial charge in [-0.25, -0.2) is 0 Å². The molecule has 4 nitrogen and oxygen atoms in total. The Labute approximate surface area is 108 Å². The van der Waals surface area contributed by atoms with Gasteiger partial charge in [-0.15, -0.1) is 0 Å². The van der Waals surface area contributed by atoms with Gasteiger partial charge in [0, 0.05) is 18.0 Å². The van der Waals surface area contributed by atoms with E-state index in [0.717, 1.165) is 16.9 Å². The number of carbonyl (C=O) groups is 1.